The van der Waals surface area contributed by atoms with Crippen LogP contribution in [0.25, 0.3) is 0 Å². The highest BCUT2D eigenvalue weighted by Gasteiger charge is 2.29. The maximum atomic E-state index is 13.9. The van der Waals surface area contributed by atoms with Crippen LogP contribution in [-0.4, -0.2) is 19.2 Å². The molecule has 0 fully saturated rings. The second-order valence-corrected chi connectivity index (χ2v) is 10.4. The first-order valence-electron chi connectivity index (χ1n) is 11.5. The van der Waals surface area contributed by atoms with Crippen molar-refractivity contribution in [2.45, 2.75) is 25.3 Å². The predicted molar refractivity (Wildman–Crippen MR) is 143 cm³/mol. The molecule has 0 aliphatic rings. The van der Waals surface area contributed by atoms with Crippen LogP contribution in [-0.2, 0) is 16.6 Å². The lowest BCUT2D eigenvalue weighted by Gasteiger charge is -2.27. The molecule has 8 nitrogen and oxygen atoms in total. The van der Waals surface area contributed by atoms with Crippen molar-refractivity contribution in [2.24, 2.45) is 0 Å². The van der Waals surface area contributed by atoms with Crippen LogP contribution < -0.4 is 9.62 Å². The standard InChI is InChI=1S/C28H25N3O5S/c1-20-15-17-23(18-16-20)37(35,36)30(19-22-9-4-3-5-10-22)27-13-7-6-11-24(27)28(32)29-25-12-8-14-26(21(25)2)31(33)34/h3-18H,19H2,1-2H3,(H,29,32). The maximum absolute atomic E-state index is 13.9. The monoisotopic (exact) mass is 515 g/mol. The molecule has 0 spiro atoms. The Hall–Kier alpha value is -4.50. The molecule has 0 aromatic heterocycles. The van der Waals surface area contributed by atoms with Gasteiger partial charge in [0.1, 0.15) is 0 Å². The van der Waals surface area contributed by atoms with E-state index in [1.807, 2.05) is 37.3 Å². The van der Waals surface area contributed by atoms with E-state index in [9.17, 15) is 23.3 Å². The molecular weight excluding hydrogens is 490 g/mol. The first kappa shape index (κ1) is 25.6. The van der Waals surface area contributed by atoms with Crippen molar-refractivity contribution in [3.63, 3.8) is 0 Å². The number of para-hydroxylation sites is 1. The van der Waals surface area contributed by atoms with E-state index >= 15 is 0 Å². The smallest absolute Gasteiger partial charge is 0.274 e. The van der Waals surface area contributed by atoms with Crippen molar-refractivity contribution in [3.05, 3.63) is 129 Å². The number of carbonyl (C=O) groups excluding carboxylic acids is 1. The van der Waals surface area contributed by atoms with E-state index in [1.165, 1.54) is 34.6 Å². The fraction of sp³-hybridized carbons (Fsp3) is 0.107. The van der Waals surface area contributed by atoms with Gasteiger partial charge in [-0.1, -0.05) is 66.2 Å². The molecule has 0 atom stereocenters. The van der Waals surface area contributed by atoms with Crippen molar-refractivity contribution < 1.29 is 18.1 Å². The summed E-state index contributed by atoms with van der Waals surface area (Å²) in [6.45, 7) is 3.41. The Morgan fingerprint density at radius 1 is 0.865 bits per heavy atom. The topological polar surface area (TPSA) is 110 Å². The molecule has 9 heteroatoms. The van der Waals surface area contributed by atoms with Crippen molar-refractivity contribution in [1.29, 1.82) is 0 Å². The van der Waals surface area contributed by atoms with Crippen molar-refractivity contribution >= 4 is 33.0 Å². The SMILES string of the molecule is Cc1ccc(S(=O)(=O)N(Cc2ccccc2)c2ccccc2C(=O)Nc2cccc([N+](=O)[O-])c2C)cc1. The number of hydrogen-bond donors (Lipinski definition) is 1. The number of hydrogen-bond acceptors (Lipinski definition) is 5. The molecule has 1 N–H and O–H groups in total. The van der Waals surface area contributed by atoms with Gasteiger partial charge in [-0.25, -0.2) is 8.42 Å². The molecule has 4 aromatic carbocycles. The number of anilines is 2. The molecule has 188 valence electrons. The summed E-state index contributed by atoms with van der Waals surface area (Å²) in [4.78, 5) is 24.3. The van der Waals surface area contributed by atoms with Crippen LogP contribution in [0.15, 0.2) is 102 Å². The number of amides is 1. The van der Waals surface area contributed by atoms with Gasteiger partial charge < -0.3 is 5.32 Å². The van der Waals surface area contributed by atoms with Crippen molar-refractivity contribution in [1.82, 2.24) is 0 Å². The third kappa shape index (κ3) is 5.52. The Balaban J connectivity index is 1.79. The zero-order chi connectivity index (χ0) is 26.6. The van der Waals surface area contributed by atoms with E-state index in [-0.39, 0.29) is 34.1 Å². The van der Waals surface area contributed by atoms with Gasteiger partial charge in [-0.05, 0) is 49.7 Å². The fourth-order valence-corrected chi connectivity index (χ4v) is 5.39. The quantitative estimate of drug-likeness (QED) is 0.233. The summed E-state index contributed by atoms with van der Waals surface area (Å²) in [5, 5.41) is 14.0. The molecule has 0 unspecified atom stereocenters. The Morgan fingerprint density at radius 2 is 1.51 bits per heavy atom. The Labute approximate surface area is 215 Å². The summed E-state index contributed by atoms with van der Waals surface area (Å²) >= 11 is 0. The molecule has 0 aliphatic carbocycles. The summed E-state index contributed by atoms with van der Waals surface area (Å²) in [5.41, 5.74) is 2.40. The summed E-state index contributed by atoms with van der Waals surface area (Å²) in [6.07, 6.45) is 0. The number of nitrogens with zero attached hydrogens (tertiary/aromatic N) is 2. The number of nitro benzene ring substituents is 1. The van der Waals surface area contributed by atoms with E-state index in [1.54, 1.807) is 43.3 Å². The number of rotatable bonds is 8. The fourth-order valence-electron chi connectivity index (χ4n) is 3.92. The second kappa shape index (κ2) is 10.6. The molecule has 4 aromatic rings. The van der Waals surface area contributed by atoms with Crippen LogP contribution in [0.1, 0.15) is 27.0 Å². The van der Waals surface area contributed by atoms with Crippen LogP contribution in [0.3, 0.4) is 0 Å². The minimum Gasteiger partial charge on any atom is -0.321 e. The number of carbonyl (C=O) groups is 1. The van der Waals surface area contributed by atoms with Gasteiger partial charge in [-0.2, -0.15) is 0 Å². The molecule has 0 aliphatic heterocycles. The summed E-state index contributed by atoms with van der Waals surface area (Å²) in [6, 6.07) is 26.4. The first-order valence-corrected chi connectivity index (χ1v) is 12.9. The highest BCUT2D eigenvalue weighted by molar-refractivity contribution is 7.92. The maximum Gasteiger partial charge on any atom is 0.274 e. The van der Waals surface area contributed by atoms with Crippen LogP contribution in [0.4, 0.5) is 17.1 Å². The van der Waals surface area contributed by atoms with E-state index < -0.39 is 20.9 Å². The van der Waals surface area contributed by atoms with Crippen LogP contribution in [0.2, 0.25) is 0 Å². The van der Waals surface area contributed by atoms with Gasteiger partial charge in [0.15, 0.2) is 0 Å². The minimum absolute atomic E-state index is 0.00280. The Bertz CT molecular complexity index is 1550. The predicted octanol–water partition coefficient (Wildman–Crippen LogP) is 5.86. The van der Waals surface area contributed by atoms with Gasteiger partial charge in [0, 0.05) is 6.07 Å². The van der Waals surface area contributed by atoms with Crippen LogP contribution in [0.5, 0.6) is 0 Å². The van der Waals surface area contributed by atoms with Crippen LogP contribution in [0, 0.1) is 24.0 Å². The normalized spacial score (nSPS) is 11.1. The van der Waals surface area contributed by atoms with E-state index in [0.29, 0.717) is 5.56 Å². The Kier molecular flexibility index (Phi) is 7.35. The summed E-state index contributed by atoms with van der Waals surface area (Å²) in [7, 11) is -4.06. The number of benzene rings is 4. The lowest BCUT2D eigenvalue weighted by Crippen LogP contribution is -2.32. The Morgan fingerprint density at radius 3 is 2.19 bits per heavy atom. The van der Waals surface area contributed by atoms with Gasteiger partial charge >= 0.3 is 0 Å². The average Bonchev–Trinajstić information content (AvgIpc) is 2.89. The van der Waals surface area contributed by atoms with Crippen LogP contribution >= 0.6 is 0 Å². The molecule has 0 saturated heterocycles. The lowest BCUT2D eigenvalue weighted by molar-refractivity contribution is -0.385. The molecule has 0 radical (unpaired) electrons. The summed E-state index contributed by atoms with van der Waals surface area (Å²) < 4.78 is 29.0. The minimum atomic E-state index is -4.06. The van der Waals surface area contributed by atoms with Gasteiger partial charge in [-0.15, -0.1) is 0 Å². The van der Waals surface area contributed by atoms with E-state index in [2.05, 4.69) is 5.32 Å². The average molecular weight is 516 g/mol. The van der Waals surface area contributed by atoms with Gasteiger partial charge in [0.25, 0.3) is 21.6 Å². The van der Waals surface area contributed by atoms with Gasteiger partial charge in [0.05, 0.1) is 38.9 Å². The van der Waals surface area contributed by atoms with Gasteiger partial charge in [0.2, 0.25) is 0 Å². The van der Waals surface area contributed by atoms with Crippen molar-refractivity contribution in [2.75, 3.05) is 9.62 Å². The van der Waals surface area contributed by atoms with E-state index in [4.69, 9.17) is 0 Å². The summed E-state index contributed by atoms with van der Waals surface area (Å²) in [5.74, 6) is -0.587. The molecule has 0 heterocycles. The molecular formula is C28H25N3O5S. The molecule has 37 heavy (non-hydrogen) atoms. The third-order valence-electron chi connectivity index (χ3n) is 5.95. The first-order chi connectivity index (χ1) is 17.7. The number of nitro groups is 1. The highest BCUT2D eigenvalue weighted by atomic mass is 32.2. The molecule has 4 rings (SSSR count). The van der Waals surface area contributed by atoms with Crippen molar-refractivity contribution in [3.8, 4) is 0 Å². The molecule has 0 bridgehead atoms. The highest BCUT2D eigenvalue weighted by Crippen LogP contribution is 2.31. The lowest BCUT2D eigenvalue weighted by atomic mass is 10.1. The molecule has 1 amide bonds. The van der Waals surface area contributed by atoms with E-state index in [0.717, 1.165) is 11.1 Å². The molecule has 0 saturated carbocycles. The second-order valence-electron chi connectivity index (χ2n) is 8.49. The number of sulfonamides is 1. The zero-order valence-electron chi connectivity index (χ0n) is 20.3. The zero-order valence-corrected chi connectivity index (χ0v) is 21.1. The van der Waals surface area contributed by atoms with Gasteiger partial charge in [-0.3, -0.25) is 19.2 Å². The number of nitrogens with one attached hydrogen (secondary N) is 1. The largest absolute Gasteiger partial charge is 0.321 e. The third-order valence-corrected chi connectivity index (χ3v) is 7.72. The number of aryl methyl sites for hydroxylation is 1.